The molecule has 0 radical (unpaired) electrons. The van der Waals surface area contributed by atoms with E-state index in [4.69, 9.17) is 14.5 Å². The molecule has 0 unspecified atom stereocenters. The highest BCUT2D eigenvalue weighted by Gasteiger charge is 2.13. The van der Waals surface area contributed by atoms with E-state index in [-0.39, 0.29) is 0 Å². The van der Waals surface area contributed by atoms with E-state index in [1.807, 2.05) is 42.5 Å². The van der Waals surface area contributed by atoms with Crippen molar-refractivity contribution >= 4 is 5.52 Å². The molecule has 0 spiro atoms. The van der Waals surface area contributed by atoms with E-state index in [2.05, 4.69) is 59.1 Å². The molecule has 0 fully saturated rings. The molecule has 0 aliphatic heterocycles. The summed E-state index contributed by atoms with van der Waals surface area (Å²) >= 11 is 0. The molecule has 5 aromatic rings. The van der Waals surface area contributed by atoms with Gasteiger partial charge in [0.15, 0.2) is 0 Å². The lowest BCUT2D eigenvalue weighted by Crippen LogP contribution is -2.00. The second kappa shape index (κ2) is 8.60. The van der Waals surface area contributed by atoms with Crippen LogP contribution in [0.1, 0.15) is 11.3 Å². The number of hydrogen-bond acceptors (Lipinski definition) is 3. The van der Waals surface area contributed by atoms with Gasteiger partial charge < -0.3 is 13.9 Å². The molecule has 0 N–H and O–H groups in total. The Kier molecular flexibility index (Phi) is 5.34. The molecule has 0 bridgehead atoms. The van der Waals surface area contributed by atoms with Gasteiger partial charge in [-0.05, 0) is 54.1 Å². The zero-order valence-corrected chi connectivity index (χ0v) is 18.2. The van der Waals surface area contributed by atoms with Gasteiger partial charge in [-0.15, -0.1) is 0 Å². The van der Waals surface area contributed by atoms with Crippen molar-refractivity contribution in [2.75, 3.05) is 14.2 Å². The largest absolute Gasteiger partial charge is 0.497 e. The van der Waals surface area contributed by atoms with Crippen LogP contribution in [0.3, 0.4) is 0 Å². The molecule has 4 nitrogen and oxygen atoms in total. The van der Waals surface area contributed by atoms with Crippen LogP contribution >= 0.6 is 0 Å². The summed E-state index contributed by atoms with van der Waals surface area (Å²) in [6, 6.07) is 31.0. The maximum atomic E-state index is 5.34. The van der Waals surface area contributed by atoms with Gasteiger partial charge in [0, 0.05) is 29.4 Å². The molecule has 5 rings (SSSR count). The molecule has 3 aromatic carbocycles. The molecule has 32 heavy (non-hydrogen) atoms. The quantitative estimate of drug-likeness (QED) is 0.324. The topological polar surface area (TPSA) is 35.8 Å². The number of benzene rings is 3. The minimum Gasteiger partial charge on any atom is -0.497 e. The Morgan fingerprint density at radius 1 is 0.688 bits per heavy atom. The number of aromatic nitrogens is 2. The third-order valence-electron chi connectivity index (χ3n) is 5.71. The van der Waals surface area contributed by atoms with E-state index < -0.39 is 0 Å². The van der Waals surface area contributed by atoms with Crippen molar-refractivity contribution in [2.24, 2.45) is 0 Å². The second-order valence-corrected chi connectivity index (χ2v) is 7.67. The Labute approximate surface area is 187 Å². The molecule has 0 amide bonds. The van der Waals surface area contributed by atoms with Gasteiger partial charge in [-0.2, -0.15) is 0 Å². The van der Waals surface area contributed by atoms with Crippen molar-refractivity contribution in [3.05, 3.63) is 108 Å². The van der Waals surface area contributed by atoms with E-state index in [1.54, 1.807) is 14.2 Å². The van der Waals surface area contributed by atoms with Gasteiger partial charge in [-0.1, -0.05) is 42.5 Å². The van der Waals surface area contributed by atoms with Crippen molar-refractivity contribution in [3.8, 4) is 34.0 Å². The summed E-state index contributed by atoms with van der Waals surface area (Å²) in [5.41, 5.74) is 7.56. The van der Waals surface area contributed by atoms with Crippen LogP contribution in [0, 0.1) is 0 Å². The summed E-state index contributed by atoms with van der Waals surface area (Å²) in [6.45, 7) is 0. The van der Waals surface area contributed by atoms with Gasteiger partial charge in [-0.3, -0.25) is 0 Å². The van der Waals surface area contributed by atoms with Crippen molar-refractivity contribution in [3.63, 3.8) is 0 Å². The normalized spacial score (nSPS) is 10.9. The van der Waals surface area contributed by atoms with Gasteiger partial charge in [0.1, 0.15) is 11.5 Å². The zero-order valence-electron chi connectivity index (χ0n) is 18.2. The summed E-state index contributed by atoms with van der Waals surface area (Å²) in [5, 5.41) is 0. The first kappa shape index (κ1) is 19.9. The third-order valence-corrected chi connectivity index (χ3v) is 5.71. The Hall–Kier alpha value is -4.05. The van der Waals surface area contributed by atoms with Gasteiger partial charge in [-0.25, -0.2) is 4.98 Å². The van der Waals surface area contributed by atoms with E-state index in [9.17, 15) is 0 Å². The molecule has 2 aromatic heterocycles. The van der Waals surface area contributed by atoms with E-state index in [1.165, 1.54) is 11.3 Å². The molecule has 2 heterocycles. The number of ether oxygens (including phenoxy) is 2. The average Bonchev–Trinajstić information content (AvgIpc) is 3.27. The Balaban J connectivity index is 1.64. The molecule has 0 aliphatic rings. The predicted octanol–water partition coefficient (Wildman–Crippen LogP) is 6.28. The lowest BCUT2D eigenvalue weighted by atomic mass is 10.1. The second-order valence-electron chi connectivity index (χ2n) is 7.67. The first-order valence-corrected chi connectivity index (χ1v) is 10.6. The van der Waals surface area contributed by atoms with Gasteiger partial charge >= 0.3 is 0 Å². The highest BCUT2D eigenvalue weighted by Crippen LogP contribution is 2.30. The fraction of sp³-hybridized carbons (Fsp3) is 0.107. The van der Waals surface area contributed by atoms with E-state index in [0.717, 1.165) is 46.0 Å². The lowest BCUT2D eigenvalue weighted by Gasteiger charge is -2.12. The van der Waals surface area contributed by atoms with E-state index in [0.29, 0.717) is 0 Å². The molecule has 158 valence electrons. The summed E-state index contributed by atoms with van der Waals surface area (Å²) in [7, 11) is 3.37. The summed E-state index contributed by atoms with van der Waals surface area (Å²) in [4.78, 5) is 5.06. The van der Waals surface area contributed by atoms with Crippen LogP contribution in [0.25, 0.3) is 28.0 Å². The fourth-order valence-electron chi connectivity index (χ4n) is 3.97. The average molecular weight is 421 g/mol. The smallest absolute Gasteiger partial charge is 0.118 e. The minimum absolute atomic E-state index is 0.818. The number of hydrogen-bond donors (Lipinski definition) is 0. The molecule has 0 atom stereocenters. The maximum absolute atomic E-state index is 5.34. The minimum atomic E-state index is 0.818. The first-order chi connectivity index (χ1) is 15.7. The Morgan fingerprint density at radius 3 is 2.00 bits per heavy atom. The molecular formula is C28H24N2O2. The number of nitrogens with zero attached hydrogens (tertiary/aromatic N) is 2. The van der Waals surface area contributed by atoms with Crippen LogP contribution in [0.15, 0.2) is 97.2 Å². The molecule has 0 saturated heterocycles. The lowest BCUT2D eigenvalue weighted by molar-refractivity contribution is 0.414. The molecule has 4 heteroatoms. The number of methoxy groups -OCH3 is 2. The summed E-state index contributed by atoms with van der Waals surface area (Å²) < 4.78 is 12.9. The van der Waals surface area contributed by atoms with Gasteiger partial charge in [0.2, 0.25) is 0 Å². The van der Waals surface area contributed by atoms with Crippen LogP contribution < -0.4 is 9.47 Å². The van der Waals surface area contributed by atoms with Crippen LogP contribution in [0.2, 0.25) is 0 Å². The molecular weight excluding hydrogens is 396 g/mol. The van der Waals surface area contributed by atoms with Crippen LogP contribution in [0.5, 0.6) is 11.5 Å². The third kappa shape index (κ3) is 3.83. The fourth-order valence-corrected chi connectivity index (χ4v) is 3.97. The Morgan fingerprint density at radius 2 is 1.34 bits per heavy atom. The SMILES string of the molecule is COc1ccc(Cc2ccc3c(-c4ccc(OC)cc4)nc(-c4ccccc4)cn23)cc1. The zero-order chi connectivity index (χ0) is 21.9. The monoisotopic (exact) mass is 420 g/mol. The van der Waals surface area contributed by atoms with Crippen molar-refractivity contribution in [1.82, 2.24) is 9.38 Å². The standard InChI is InChI=1S/C28H24N2O2/c1-31-24-13-8-20(9-14-24)18-23-12-17-27-28(22-10-15-25(32-2)16-11-22)29-26(19-30(23)27)21-6-4-3-5-7-21/h3-17,19H,18H2,1-2H3. The highest BCUT2D eigenvalue weighted by molar-refractivity contribution is 5.80. The van der Waals surface area contributed by atoms with Crippen molar-refractivity contribution in [2.45, 2.75) is 6.42 Å². The van der Waals surface area contributed by atoms with Crippen LogP contribution in [0.4, 0.5) is 0 Å². The summed E-state index contributed by atoms with van der Waals surface area (Å²) in [5.74, 6) is 1.70. The van der Waals surface area contributed by atoms with Crippen molar-refractivity contribution in [1.29, 1.82) is 0 Å². The number of rotatable bonds is 6. The van der Waals surface area contributed by atoms with Crippen LogP contribution in [-0.2, 0) is 6.42 Å². The van der Waals surface area contributed by atoms with Crippen LogP contribution in [-0.4, -0.2) is 23.6 Å². The predicted molar refractivity (Wildman–Crippen MR) is 128 cm³/mol. The van der Waals surface area contributed by atoms with E-state index >= 15 is 0 Å². The Bertz CT molecular complexity index is 1340. The highest BCUT2D eigenvalue weighted by atomic mass is 16.5. The summed E-state index contributed by atoms with van der Waals surface area (Å²) in [6.07, 6.45) is 2.95. The van der Waals surface area contributed by atoms with Crippen molar-refractivity contribution < 1.29 is 9.47 Å². The maximum Gasteiger partial charge on any atom is 0.118 e. The molecule has 0 saturated carbocycles. The number of fused-ring (bicyclic) bond motifs is 1. The van der Waals surface area contributed by atoms with Gasteiger partial charge in [0.25, 0.3) is 0 Å². The molecule has 0 aliphatic carbocycles. The van der Waals surface area contributed by atoms with Gasteiger partial charge in [0.05, 0.1) is 31.1 Å². The first-order valence-electron chi connectivity index (χ1n) is 10.6.